The predicted molar refractivity (Wildman–Crippen MR) is 163 cm³/mol. The molecule has 1 aliphatic heterocycles. The third-order valence-corrected chi connectivity index (χ3v) is 6.83. The Hall–Kier alpha value is -4.61. The van der Waals surface area contributed by atoms with Crippen LogP contribution >= 0.6 is 0 Å². The van der Waals surface area contributed by atoms with E-state index in [2.05, 4.69) is 88.0 Å². The molecule has 1 atom stereocenters. The van der Waals surface area contributed by atoms with Crippen LogP contribution in [0.15, 0.2) is 121 Å². The van der Waals surface area contributed by atoms with Crippen LogP contribution in [0.5, 0.6) is 5.75 Å². The highest BCUT2D eigenvalue weighted by molar-refractivity contribution is 5.77. The molecule has 1 aliphatic rings. The maximum Gasteiger partial charge on any atom is 0.118 e. The smallest absolute Gasteiger partial charge is 0.118 e. The number of benzene rings is 4. The normalized spacial score (nSPS) is 13.0. The van der Waals surface area contributed by atoms with Gasteiger partial charge in [-0.3, -0.25) is 4.98 Å². The number of nitrogens with zero attached hydrogens (tertiary/aromatic N) is 2. The van der Waals surface area contributed by atoms with Crippen molar-refractivity contribution in [3.8, 4) is 5.75 Å². The Kier molecular flexibility index (Phi) is 8.20. The van der Waals surface area contributed by atoms with Gasteiger partial charge in [-0.2, -0.15) is 0 Å². The first-order valence-electron chi connectivity index (χ1n) is 13.2. The predicted octanol–water partition coefficient (Wildman–Crippen LogP) is 7.25. The van der Waals surface area contributed by atoms with Gasteiger partial charge in [-0.25, -0.2) is 0 Å². The number of fused-ring (bicyclic) bond motifs is 2. The molecule has 0 aliphatic carbocycles. The molecule has 0 spiro atoms. The largest absolute Gasteiger partial charge is 0.497 e. The van der Waals surface area contributed by atoms with Gasteiger partial charge in [0.15, 0.2) is 0 Å². The molecule has 1 aromatic heterocycles. The van der Waals surface area contributed by atoms with Crippen molar-refractivity contribution in [2.75, 3.05) is 17.3 Å². The van der Waals surface area contributed by atoms with Gasteiger partial charge in [-0.05, 0) is 66.6 Å². The number of methoxy groups -OCH3 is 1. The lowest BCUT2D eigenvalue weighted by atomic mass is 9.96. The number of hydrogen-bond donors (Lipinski definition) is 2. The SMILES string of the molecule is COc1ccc(CNc2cccc3c2CN(c2ccccc2)C(C(C)N)=C3)cc1.c1ccc2ncccc2c1. The van der Waals surface area contributed by atoms with E-state index < -0.39 is 0 Å². The molecule has 2 heterocycles. The summed E-state index contributed by atoms with van der Waals surface area (Å²) in [4.78, 5) is 6.49. The van der Waals surface area contributed by atoms with Crippen LogP contribution in [-0.4, -0.2) is 18.1 Å². The lowest BCUT2D eigenvalue weighted by molar-refractivity contribution is 0.414. The van der Waals surface area contributed by atoms with Crippen LogP contribution in [0, 0.1) is 0 Å². The van der Waals surface area contributed by atoms with Gasteiger partial charge in [0.1, 0.15) is 5.75 Å². The third-order valence-electron chi connectivity index (χ3n) is 6.83. The van der Waals surface area contributed by atoms with Crippen LogP contribution in [0.1, 0.15) is 23.6 Å². The second-order valence-corrected chi connectivity index (χ2v) is 9.55. The minimum atomic E-state index is -0.0423. The van der Waals surface area contributed by atoms with Gasteiger partial charge < -0.3 is 20.7 Å². The van der Waals surface area contributed by atoms with Crippen molar-refractivity contribution < 1.29 is 4.74 Å². The maximum atomic E-state index is 6.31. The number of hydrogen-bond acceptors (Lipinski definition) is 5. The van der Waals surface area contributed by atoms with Gasteiger partial charge in [-0.15, -0.1) is 0 Å². The first-order valence-corrected chi connectivity index (χ1v) is 13.2. The van der Waals surface area contributed by atoms with Crippen molar-refractivity contribution in [3.63, 3.8) is 0 Å². The lowest BCUT2D eigenvalue weighted by Crippen LogP contribution is -2.35. The quantitative estimate of drug-likeness (QED) is 0.250. The van der Waals surface area contributed by atoms with Crippen molar-refractivity contribution in [1.82, 2.24) is 4.98 Å². The first kappa shape index (κ1) is 26.0. The molecule has 196 valence electrons. The van der Waals surface area contributed by atoms with Gasteiger partial charge in [0, 0.05) is 46.8 Å². The van der Waals surface area contributed by atoms with Gasteiger partial charge in [-0.1, -0.05) is 66.7 Å². The molecule has 0 radical (unpaired) electrons. The molecular formula is C34H34N4O. The molecular weight excluding hydrogens is 480 g/mol. The Bertz CT molecular complexity index is 1480. The summed E-state index contributed by atoms with van der Waals surface area (Å²) in [5, 5.41) is 4.81. The number of rotatable bonds is 6. The molecule has 5 heteroatoms. The van der Waals surface area contributed by atoms with Crippen molar-refractivity contribution in [1.29, 1.82) is 0 Å². The monoisotopic (exact) mass is 514 g/mol. The number of nitrogens with one attached hydrogen (secondary N) is 1. The second kappa shape index (κ2) is 12.3. The second-order valence-electron chi connectivity index (χ2n) is 9.55. The summed E-state index contributed by atoms with van der Waals surface area (Å²) in [6.07, 6.45) is 4.03. The Labute approximate surface area is 230 Å². The van der Waals surface area contributed by atoms with E-state index >= 15 is 0 Å². The van der Waals surface area contributed by atoms with Crippen LogP contribution in [-0.2, 0) is 13.1 Å². The summed E-state index contributed by atoms with van der Waals surface area (Å²) in [7, 11) is 1.69. The topological polar surface area (TPSA) is 63.4 Å². The van der Waals surface area contributed by atoms with Crippen LogP contribution < -0.4 is 20.7 Å². The molecule has 4 aromatic carbocycles. The fourth-order valence-corrected chi connectivity index (χ4v) is 4.75. The van der Waals surface area contributed by atoms with E-state index in [4.69, 9.17) is 10.5 Å². The molecule has 0 amide bonds. The molecule has 0 fully saturated rings. The van der Waals surface area contributed by atoms with E-state index in [1.165, 1.54) is 22.1 Å². The van der Waals surface area contributed by atoms with Crippen molar-refractivity contribution in [3.05, 3.63) is 138 Å². The highest BCUT2D eigenvalue weighted by Gasteiger charge is 2.23. The van der Waals surface area contributed by atoms with Gasteiger partial charge in [0.25, 0.3) is 0 Å². The van der Waals surface area contributed by atoms with Gasteiger partial charge >= 0.3 is 0 Å². The number of pyridine rings is 1. The standard InChI is InChI=1S/C25H27N3O.C9H7N/c1-18(26)25-15-20-7-6-10-24(27-16-19-11-13-22(29-2)14-12-19)23(20)17-28(25)21-8-4-3-5-9-21;1-2-6-9-8(4-1)5-3-7-10-9/h3-15,18,27H,16-17,26H2,1-2H3;1-7H. The van der Waals surface area contributed by atoms with E-state index in [1.54, 1.807) is 7.11 Å². The van der Waals surface area contributed by atoms with Gasteiger partial charge in [0.05, 0.1) is 19.2 Å². The summed E-state index contributed by atoms with van der Waals surface area (Å²) in [6, 6.07) is 37.1. The maximum absolute atomic E-state index is 6.31. The molecule has 0 bridgehead atoms. The van der Waals surface area contributed by atoms with Crippen LogP contribution in [0.25, 0.3) is 17.0 Å². The number of nitrogens with two attached hydrogens (primary N) is 1. The van der Waals surface area contributed by atoms with E-state index in [9.17, 15) is 0 Å². The number of aromatic nitrogens is 1. The van der Waals surface area contributed by atoms with E-state index in [1.807, 2.05) is 55.6 Å². The Balaban J connectivity index is 0.000000257. The Morgan fingerprint density at radius 3 is 2.36 bits per heavy atom. The molecule has 1 unspecified atom stereocenters. The summed E-state index contributed by atoms with van der Waals surface area (Å²) in [5.41, 5.74) is 14.5. The molecule has 5 nitrogen and oxygen atoms in total. The van der Waals surface area contributed by atoms with E-state index in [0.29, 0.717) is 0 Å². The lowest BCUT2D eigenvalue weighted by Gasteiger charge is -2.35. The zero-order chi connectivity index (χ0) is 27.0. The minimum absolute atomic E-state index is 0.0423. The molecule has 0 saturated carbocycles. The van der Waals surface area contributed by atoms with Crippen LogP contribution in [0.2, 0.25) is 0 Å². The summed E-state index contributed by atoms with van der Waals surface area (Å²) >= 11 is 0. The molecule has 0 saturated heterocycles. The third kappa shape index (κ3) is 6.28. The van der Waals surface area contributed by atoms with Crippen LogP contribution in [0.4, 0.5) is 11.4 Å². The molecule has 5 aromatic rings. The number of ether oxygens (including phenoxy) is 1. The summed E-state index contributed by atoms with van der Waals surface area (Å²) in [6.45, 7) is 3.59. The fourth-order valence-electron chi connectivity index (χ4n) is 4.75. The fraction of sp³-hybridized carbons (Fsp3) is 0.147. The van der Waals surface area contributed by atoms with Crippen LogP contribution in [0.3, 0.4) is 0 Å². The van der Waals surface area contributed by atoms with Crippen molar-refractivity contribution >= 4 is 28.4 Å². The minimum Gasteiger partial charge on any atom is -0.497 e. The summed E-state index contributed by atoms with van der Waals surface area (Å²) < 4.78 is 5.25. The molecule has 39 heavy (non-hydrogen) atoms. The molecule has 6 rings (SSSR count). The highest BCUT2D eigenvalue weighted by Crippen LogP contribution is 2.34. The van der Waals surface area contributed by atoms with Gasteiger partial charge in [0.2, 0.25) is 0 Å². The average molecular weight is 515 g/mol. The van der Waals surface area contributed by atoms with E-state index in [0.717, 1.165) is 41.4 Å². The summed E-state index contributed by atoms with van der Waals surface area (Å²) in [5.74, 6) is 0.873. The number of anilines is 2. The van der Waals surface area contributed by atoms with E-state index in [-0.39, 0.29) is 6.04 Å². The Morgan fingerprint density at radius 2 is 1.62 bits per heavy atom. The van der Waals surface area contributed by atoms with Crippen molar-refractivity contribution in [2.45, 2.75) is 26.1 Å². The number of para-hydroxylation sites is 2. The average Bonchev–Trinajstić information content (AvgIpc) is 3.00. The molecule has 3 N–H and O–H groups in total. The van der Waals surface area contributed by atoms with Crippen molar-refractivity contribution in [2.24, 2.45) is 5.73 Å². The Morgan fingerprint density at radius 1 is 0.872 bits per heavy atom. The first-order chi connectivity index (χ1) is 19.1. The zero-order valence-corrected chi connectivity index (χ0v) is 22.4. The zero-order valence-electron chi connectivity index (χ0n) is 22.4. The highest BCUT2D eigenvalue weighted by atomic mass is 16.5.